The molecule has 0 saturated heterocycles. The molecule has 1 aromatic rings. The molecule has 0 aliphatic carbocycles. The summed E-state index contributed by atoms with van der Waals surface area (Å²) in [5, 5.41) is 8.79. The molecule has 0 fully saturated rings. The van der Waals surface area contributed by atoms with E-state index < -0.39 is 11.4 Å². The molecule has 4 heteroatoms. The Hall–Kier alpha value is -0.900. The van der Waals surface area contributed by atoms with Gasteiger partial charge in [-0.3, -0.25) is 9.78 Å². The molecular formula is C7H9NO2S. The summed E-state index contributed by atoms with van der Waals surface area (Å²) in [6.45, 7) is 3.34. The predicted octanol–water partition coefficient (Wildman–Crippen LogP) is 1.51. The summed E-state index contributed by atoms with van der Waals surface area (Å²) in [5.74, 6) is -0.818. The zero-order valence-electron chi connectivity index (χ0n) is 6.37. The maximum atomic E-state index is 10.7. The van der Waals surface area contributed by atoms with Gasteiger partial charge < -0.3 is 5.11 Å². The molecule has 1 rings (SSSR count). The highest BCUT2D eigenvalue weighted by Gasteiger charge is 2.30. The fourth-order valence-corrected chi connectivity index (χ4v) is 1.37. The summed E-state index contributed by atoms with van der Waals surface area (Å²) in [6.07, 6.45) is 1.60. The molecule has 0 aliphatic heterocycles. The van der Waals surface area contributed by atoms with Crippen LogP contribution in [0.1, 0.15) is 18.7 Å². The minimum absolute atomic E-state index is 0.782. The first-order valence-corrected chi connectivity index (χ1v) is 4.05. The smallest absolute Gasteiger partial charge is 0.314 e. The Morgan fingerprint density at radius 3 is 2.73 bits per heavy atom. The normalized spacial score (nSPS) is 11.5. The molecule has 60 valence electrons. The number of rotatable bonds is 2. The number of hydrogen-bond donors (Lipinski definition) is 1. The van der Waals surface area contributed by atoms with Crippen LogP contribution in [0.4, 0.5) is 0 Å². The molecule has 1 aromatic heterocycles. The van der Waals surface area contributed by atoms with E-state index in [0.29, 0.717) is 0 Å². The molecule has 0 bridgehead atoms. The van der Waals surface area contributed by atoms with Crippen molar-refractivity contribution in [3.63, 3.8) is 0 Å². The van der Waals surface area contributed by atoms with E-state index in [9.17, 15) is 4.79 Å². The van der Waals surface area contributed by atoms with E-state index in [1.165, 1.54) is 11.3 Å². The van der Waals surface area contributed by atoms with Crippen LogP contribution in [0.15, 0.2) is 11.7 Å². The summed E-state index contributed by atoms with van der Waals surface area (Å²) < 4.78 is 0. The van der Waals surface area contributed by atoms with Crippen LogP contribution in [-0.2, 0) is 10.2 Å². The van der Waals surface area contributed by atoms with E-state index in [1.807, 2.05) is 0 Å². The van der Waals surface area contributed by atoms with Gasteiger partial charge in [0.25, 0.3) is 0 Å². The molecule has 0 amide bonds. The van der Waals surface area contributed by atoms with Gasteiger partial charge in [0.1, 0.15) is 0 Å². The Morgan fingerprint density at radius 1 is 1.73 bits per heavy atom. The number of aromatic nitrogens is 1. The van der Waals surface area contributed by atoms with E-state index >= 15 is 0 Å². The van der Waals surface area contributed by atoms with Gasteiger partial charge in [0.2, 0.25) is 0 Å². The van der Waals surface area contributed by atoms with Crippen LogP contribution in [0.3, 0.4) is 0 Å². The van der Waals surface area contributed by atoms with Gasteiger partial charge >= 0.3 is 5.97 Å². The van der Waals surface area contributed by atoms with Gasteiger partial charge in [-0.2, -0.15) is 0 Å². The molecule has 0 aliphatic rings. The Morgan fingerprint density at radius 2 is 2.36 bits per heavy atom. The molecule has 0 aromatic carbocycles. The number of thiazole rings is 1. The average Bonchev–Trinajstić information content (AvgIpc) is 2.37. The molecule has 0 atom stereocenters. The number of carboxylic acids is 1. The minimum atomic E-state index is -0.818. The fraction of sp³-hybridized carbons (Fsp3) is 0.429. The highest BCUT2D eigenvalue weighted by Crippen LogP contribution is 2.25. The Labute approximate surface area is 68.7 Å². The summed E-state index contributed by atoms with van der Waals surface area (Å²) in [4.78, 5) is 15.3. The van der Waals surface area contributed by atoms with Gasteiger partial charge in [-0.05, 0) is 13.8 Å². The largest absolute Gasteiger partial charge is 0.481 e. The third-order valence-corrected chi connectivity index (χ3v) is 2.68. The first kappa shape index (κ1) is 8.20. The maximum Gasteiger partial charge on any atom is 0.314 e. The molecule has 0 spiro atoms. The third-order valence-electron chi connectivity index (χ3n) is 1.58. The zero-order valence-corrected chi connectivity index (χ0v) is 7.18. The number of carbonyl (C=O) groups is 1. The van der Waals surface area contributed by atoms with E-state index in [1.54, 1.807) is 25.6 Å². The van der Waals surface area contributed by atoms with Crippen LogP contribution in [0, 0.1) is 0 Å². The summed E-state index contributed by atoms with van der Waals surface area (Å²) >= 11 is 1.37. The summed E-state index contributed by atoms with van der Waals surface area (Å²) in [5.41, 5.74) is 0.835. The van der Waals surface area contributed by atoms with Gasteiger partial charge in [-0.1, -0.05) is 0 Å². The number of carboxylic acid groups (broad SMARTS) is 1. The van der Waals surface area contributed by atoms with Gasteiger partial charge in [0, 0.05) is 11.1 Å². The second-order valence-corrected chi connectivity index (χ2v) is 3.68. The molecule has 0 radical (unpaired) electrons. The molecular weight excluding hydrogens is 162 g/mol. The van der Waals surface area contributed by atoms with Crippen molar-refractivity contribution in [2.45, 2.75) is 19.3 Å². The maximum absolute atomic E-state index is 10.7. The van der Waals surface area contributed by atoms with E-state index in [-0.39, 0.29) is 0 Å². The average molecular weight is 171 g/mol. The van der Waals surface area contributed by atoms with Crippen LogP contribution in [-0.4, -0.2) is 16.1 Å². The lowest BCUT2D eigenvalue weighted by Gasteiger charge is -2.15. The molecule has 11 heavy (non-hydrogen) atoms. The third kappa shape index (κ3) is 1.40. The van der Waals surface area contributed by atoms with Crippen molar-refractivity contribution in [3.8, 4) is 0 Å². The lowest BCUT2D eigenvalue weighted by atomic mass is 9.93. The van der Waals surface area contributed by atoms with Gasteiger partial charge in [0.15, 0.2) is 0 Å². The Kier molecular flexibility index (Phi) is 1.95. The summed E-state index contributed by atoms with van der Waals surface area (Å²) in [6, 6.07) is 0. The van der Waals surface area contributed by atoms with E-state index in [4.69, 9.17) is 5.11 Å². The van der Waals surface area contributed by atoms with Gasteiger partial charge in [-0.25, -0.2) is 0 Å². The Balaban J connectivity index is 3.00. The topological polar surface area (TPSA) is 50.2 Å². The highest BCUT2D eigenvalue weighted by molar-refractivity contribution is 7.09. The fourth-order valence-electron chi connectivity index (χ4n) is 0.630. The predicted molar refractivity (Wildman–Crippen MR) is 42.8 cm³/mol. The van der Waals surface area contributed by atoms with Crippen LogP contribution in [0.5, 0.6) is 0 Å². The first-order valence-electron chi connectivity index (χ1n) is 3.17. The quantitative estimate of drug-likeness (QED) is 0.733. The number of hydrogen-bond acceptors (Lipinski definition) is 3. The van der Waals surface area contributed by atoms with Crippen molar-refractivity contribution in [2.75, 3.05) is 0 Å². The summed E-state index contributed by atoms with van der Waals surface area (Å²) in [7, 11) is 0. The van der Waals surface area contributed by atoms with Crippen molar-refractivity contribution in [1.82, 2.24) is 4.98 Å². The van der Waals surface area contributed by atoms with Gasteiger partial charge in [0.05, 0.1) is 10.9 Å². The molecule has 1 heterocycles. The molecule has 1 N–H and O–H groups in total. The molecule has 0 saturated carbocycles. The van der Waals surface area contributed by atoms with Crippen molar-refractivity contribution in [2.24, 2.45) is 0 Å². The van der Waals surface area contributed by atoms with Crippen molar-refractivity contribution >= 4 is 17.3 Å². The Bertz CT molecular complexity index is 253. The van der Waals surface area contributed by atoms with Crippen molar-refractivity contribution in [3.05, 3.63) is 16.6 Å². The van der Waals surface area contributed by atoms with Crippen molar-refractivity contribution in [1.29, 1.82) is 0 Å². The van der Waals surface area contributed by atoms with Gasteiger partial charge in [-0.15, -0.1) is 11.3 Å². The number of aliphatic carboxylic acids is 1. The van der Waals surface area contributed by atoms with Crippen LogP contribution >= 0.6 is 11.3 Å². The monoisotopic (exact) mass is 171 g/mol. The van der Waals surface area contributed by atoms with E-state index in [2.05, 4.69) is 4.98 Å². The van der Waals surface area contributed by atoms with Crippen LogP contribution in [0.25, 0.3) is 0 Å². The SMILES string of the molecule is CC(C)(C(=O)O)c1cncs1. The second kappa shape index (κ2) is 2.62. The minimum Gasteiger partial charge on any atom is -0.481 e. The standard InChI is InChI=1S/C7H9NO2S/c1-7(2,6(9)10)5-3-8-4-11-5/h3-4H,1-2H3,(H,9,10). The molecule has 3 nitrogen and oxygen atoms in total. The van der Waals surface area contributed by atoms with Crippen molar-refractivity contribution < 1.29 is 9.90 Å². The van der Waals surface area contributed by atoms with Crippen LogP contribution < -0.4 is 0 Å². The molecule has 0 unspecified atom stereocenters. The first-order chi connectivity index (χ1) is 5.05. The lowest BCUT2D eigenvalue weighted by Crippen LogP contribution is -2.27. The second-order valence-electron chi connectivity index (χ2n) is 2.80. The highest BCUT2D eigenvalue weighted by atomic mass is 32.1. The number of nitrogens with zero attached hydrogens (tertiary/aromatic N) is 1. The van der Waals surface area contributed by atoms with Crippen LogP contribution in [0.2, 0.25) is 0 Å². The lowest BCUT2D eigenvalue weighted by molar-refractivity contribution is -0.142. The van der Waals surface area contributed by atoms with E-state index in [0.717, 1.165) is 4.88 Å². The zero-order chi connectivity index (χ0) is 8.48.